The highest BCUT2D eigenvalue weighted by molar-refractivity contribution is 6.13. The maximum absolute atomic E-state index is 11.1. The molecular weight excluding hydrogens is 260 g/mol. The Labute approximate surface area is 118 Å². The Morgan fingerprint density at radius 2 is 0.950 bits per heavy atom. The van der Waals surface area contributed by atoms with Crippen molar-refractivity contribution in [2.45, 2.75) is 27.7 Å². The van der Waals surface area contributed by atoms with Crippen molar-refractivity contribution >= 4 is 35.6 Å². The molecule has 0 aliphatic heterocycles. The van der Waals surface area contributed by atoms with Gasteiger partial charge in [0.15, 0.2) is 0 Å². The van der Waals surface area contributed by atoms with Crippen LogP contribution in [0.15, 0.2) is 9.98 Å². The second kappa shape index (κ2) is 9.01. The summed E-state index contributed by atoms with van der Waals surface area (Å²) in [6.45, 7) is 5.91. The van der Waals surface area contributed by atoms with Gasteiger partial charge in [-0.2, -0.15) is 0 Å². The van der Waals surface area contributed by atoms with Crippen LogP contribution in [0.2, 0.25) is 0 Å². The third-order valence-electron chi connectivity index (χ3n) is 2.62. The topological polar surface area (TPSA) is 93.0 Å². The number of carbonyl (C=O) groups excluding carboxylic acids is 4. The zero-order valence-electron chi connectivity index (χ0n) is 12.3. The van der Waals surface area contributed by atoms with Gasteiger partial charge in [-0.15, -0.1) is 0 Å². The van der Waals surface area contributed by atoms with Crippen LogP contribution < -0.4 is 0 Å². The number of nitrogens with zero attached hydrogens (tertiary/aromatic N) is 2. The van der Waals surface area contributed by atoms with E-state index in [-0.39, 0.29) is 36.2 Å². The summed E-state index contributed by atoms with van der Waals surface area (Å²) in [5, 5.41) is 0. The highest BCUT2D eigenvalue weighted by Gasteiger charge is 2.17. The molecule has 20 heavy (non-hydrogen) atoms. The van der Waals surface area contributed by atoms with E-state index in [1.807, 2.05) is 0 Å². The molecule has 6 heteroatoms. The summed E-state index contributed by atoms with van der Waals surface area (Å²) >= 11 is 0. The highest BCUT2D eigenvalue weighted by Crippen LogP contribution is 1.98. The van der Waals surface area contributed by atoms with Crippen molar-refractivity contribution in [1.82, 2.24) is 0 Å². The minimum absolute atomic E-state index is 0.252. The molecule has 0 amide bonds. The van der Waals surface area contributed by atoms with Crippen LogP contribution in [0.4, 0.5) is 0 Å². The molecule has 0 aromatic heterocycles. The molecule has 0 N–H and O–H groups in total. The van der Waals surface area contributed by atoms with Crippen molar-refractivity contribution in [3.8, 4) is 0 Å². The first-order valence-corrected chi connectivity index (χ1v) is 6.29. The van der Waals surface area contributed by atoms with E-state index in [4.69, 9.17) is 0 Å². The minimum atomic E-state index is -0.804. The zero-order chi connectivity index (χ0) is 15.7. The molecule has 0 aliphatic carbocycles. The van der Waals surface area contributed by atoms with Gasteiger partial charge in [0.1, 0.15) is 35.0 Å². The van der Waals surface area contributed by atoms with Gasteiger partial charge >= 0.3 is 0 Å². The SMILES string of the molecule is CC(=O)C(C=NCCN=CC(C(C)=O)C(C)=O)C(C)=O. The third-order valence-corrected chi connectivity index (χ3v) is 2.62. The van der Waals surface area contributed by atoms with Crippen molar-refractivity contribution in [3.63, 3.8) is 0 Å². The molecule has 0 aromatic carbocycles. The smallest absolute Gasteiger partial charge is 0.145 e. The van der Waals surface area contributed by atoms with Gasteiger partial charge in [-0.3, -0.25) is 29.2 Å². The van der Waals surface area contributed by atoms with Crippen LogP contribution in [-0.4, -0.2) is 48.7 Å². The molecule has 110 valence electrons. The Kier molecular flexibility index (Phi) is 8.12. The van der Waals surface area contributed by atoms with E-state index in [1.54, 1.807) is 0 Å². The van der Waals surface area contributed by atoms with E-state index in [0.717, 1.165) is 0 Å². The number of rotatable bonds is 9. The largest absolute Gasteiger partial charge is 0.299 e. The van der Waals surface area contributed by atoms with Crippen LogP contribution in [0.1, 0.15) is 27.7 Å². The average Bonchev–Trinajstić information content (AvgIpc) is 2.30. The predicted molar refractivity (Wildman–Crippen MR) is 76.4 cm³/mol. The van der Waals surface area contributed by atoms with Crippen molar-refractivity contribution in [2.24, 2.45) is 21.8 Å². The number of ketones is 4. The van der Waals surface area contributed by atoms with Crippen LogP contribution in [-0.2, 0) is 19.2 Å². The molecule has 0 saturated heterocycles. The van der Waals surface area contributed by atoms with Gasteiger partial charge < -0.3 is 0 Å². The fourth-order valence-corrected chi connectivity index (χ4v) is 1.47. The molecule has 0 atom stereocenters. The van der Waals surface area contributed by atoms with Crippen molar-refractivity contribution in [1.29, 1.82) is 0 Å². The van der Waals surface area contributed by atoms with Gasteiger partial charge in [0, 0.05) is 12.4 Å². The lowest BCUT2D eigenvalue weighted by molar-refractivity contribution is -0.129. The number of Topliss-reactive ketones (excluding diaryl/α,β-unsaturated/α-hetero) is 4. The van der Waals surface area contributed by atoms with E-state index in [9.17, 15) is 19.2 Å². The molecule has 0 rings (SSSR count). The van der Waals surface area contributed by atoms with Gasteiger partial charge in [-0.25, -0.2) is 0 Å². The molecule has 0 bridgehead atoms. The van der Waals surface area contributed by atoms with Gasteiger partial charge in [0.2, 0.25) is 0 Å². The lowest BCUT2D eigenvalue weighted by Gasteiger charge is -2.03. The molecule has 0 saturated carbocycles. The van der Waals surface area contributed by atoms with Crippen molar-refractivity contribution < 1.29 is 19.2 Å². The number of hydrogen-bond acceptors (Lipinski definition) is 6. The molecule has 0 unspecified atom stereocenters. The zero-order valence-corrected chi connectivity index (χ0v) is 12.3. The Balaban J connectivity index is 4.31. The fraction of sp³-hybridized carbons (Fsp3) is 0.571. The summed E-state index contributed by atoms with van der Waals surface area (Å²) in [7, 11) is 0. The van der Waals surface area contributed by atoms with E-state index in [0.29, 0.717) is 0 Å². The quantitative estimate of drug-likeness (QED) is 0.353. The Bertz CT molecular complexity index is 382. The Morgan fingerprint density at radius 3 is 1.15 bits per heavy atom. The fourth-order valence-electron chi connectivity index (χ4n) is 1.47. The Hall–Kier alpha value is -1.98. The maximum Gasteiger partial charge on any atom is 0.145 e. The first-order chi connectivity index (χ1) is 9.27. The summed E-state index contributed by atoms with van der Waals surface area (Å²) in [5.41, 5.74) is 0. The summed E-state index contributed by atoms with van der Waals surface area (Å²) < 4.78 is 0. The second-order valence-electron chi connectivity index (χ2n) is 4.51. The van der Waals surface area contributed by atoms with Crippen LogP contribution in [0.25, 0.3) is 0 Å². The summed E-state index contributed by atoms with van der Waals surface area (Å²) in [4.78, 5) is 52.4. The Morgan fingerprint density at radius 1 is 0.700 bits per heavy atom. The van der Waals surface area contributed by atoms with Gasteiger partial charge in [-0.1, -0.05) is 0 Å². The number of aliphatic imine (C=N–C) groups is 2. The summed E-state index contributed by atoms with van der Waals surface area (Å²) in [5.74, 6) is -2.62. The molecule has 0 aromatic rings. The summed E-state index contributed by atoms with van der Waals surface area (Å²) in [6, 6.07) is 0. The summed E-state index contributed by atoms with van der Waals surface area (Å²) in [6.07, 6.45) is 2.63. The number of carbonyl (C=O) groups is 4. The molecular formula is C14H20N2O4. The van der Waals surface area contributed by atoms with E-state index < -0.39 is 11.8 Å². The standard InChI is InChI=1S/C14H20N2O4/c1-9(17)13(10(2)18)7-15-5-6-16-8-14(11(3)19)12(4)20/h7-8,13-14H,5-6H2,1-4H3. The second-order valence-corrected chi connectivity index (χ2v) is 4.51. The molecule has 0 heterocycles. The lowest BCUT2D eigenvalue weighted by atomic mass is 10.0. The normalized spacial score (nSPS) is 11.7. The van der Waals surface area contributed by atoms with E-state index in [2.05, 4.69) is 9.98 Å². The van der Waals surface area contributed by atoms with E-state index >= 15 is 0 Å². The van der Waals surface area contributed by atoms with Gasteiger partial charge in [-0.05, 0) is 27.7 Å². The average molecular weight is 280 g/mol. The number of hydrogen-bond donors (Lipinski definition) is 0. The highest BCUT2D eigenvalue weighted by atomic mass is 16.2. The molecule has 0 aliphatic rings. The molecule has 0 spiro atoms. The molecule has 0 fully saturated rings. The van der Waals surface area contributed by atoms with Crippen LogP contribution in [0.3, 0.4) is 0 Å². The van der Waals surface area contributed by atoms with Crippen molar-refractivity contribution in [3.05, 3.63) is 0 Å². The first-order valence-electron chi connectivity index (χ1n) is 6.29. The van der Waals surface area contributed by atoms with Crippen LogP contribution >= 0.6 is 0 Å². The van der Waals surface area contributed by atoms with Gasteiger partial charge in [0.25, 0.3) is 0 Å². The van der Waals surface area contributed by atoms with Crippen LogP contribution in [0, 0.1) is 11.8 Å². The monoisotopic (exact) mass is 280 g/mol. The first kappa shape index (κ1) is 18.0. The van der Waals surface area contributed by atoms with Crippen LogP contribution in [0.5, 0.6) is 0 Å². The van der Waals surface area contributed by atoms with Gasteiger partial charge in [0.05, 0.1) is 13.1 Å². The maximum atomic E-state index is 11.1. The van der Waals surface area contributed by atoms with E-state index in [1.165, 1.54) is 40.1 Å². The third kappa shape index (κ3) is 6.82. The molecule has 0 radical (unpaired) electrons. The molecule has 6 nitrogen and oxygen atoms in total. The van der Waals surface area contributed by atoms with Crippen molar-refractivity contribution in [2.75, 3.05) is 13.1 Å². The predicted octanol–water partition coefficient (Wildman–Crippen LogP) is 0.716. The minimum Gasteiger partial charge on any atom is -0.299 e. The lowest BCUT2D eigenvalue weighted by Crippen LogP contribution is -2.21.